The lowest BCUT2D eigenvalue weighted by Crippen LogP contribution is -2.02. The maximum atomic E-state index is 13.3. The van der Waals surface area contributed by atoms with Crippen molar-refractivity contribution in [2.75, 3.05) is 14.2 Å². The van der Waals surface area contributed by atoms with Crippen molar-refractivity contribution in [2.45, 2.75) is 0 Å². The third-order valence-electron chi connectivity index (χ3n) is 3.82. The van der Waals surface area contributed by atoms with Gasteiger partial charge in [0.2, 0.25) is 5.75 Å². The zero-order valence-corrected chi connectivity index (χ0v) is 15.5. The minimum absolute atomic E-state index is 0.0457. The molecule has 0 saturated heterocycles. The third-order valence-corrected chi connectivity index (χ3v) is 4.43. The lowest BCUT2D eigenvalue weighted by Gasteiger charge is -2.13. The van der Waals surface area contributed by atoms with Gasteiger partial charge in [0, 0.05) is 0 Å². The number of methoxy groups -OCH3 is 2. The average Bonchev–Trinajstić information content (AvgIpc) is 3.10. The molecular formula is C19H14BrFO5. The van der Waals surface area contributed by atoms with Crippen molar-refractivity contribution in [2.24, 2.45) is 0 Å². The highest BCUT2D eigenvalue weighted by atomic mass is 79.9. The minimum atomic E-state index is -0.499. The molecule has 0 unspecified atom stereocenters. The van der Waals surface area contributed by atoms with E-state index in [-0.39, 0.29) is 32.9 Å². The van der Waals surface area contributed by atoms with Crippen LogP contribution in [0.5, 0.6) is 17.2 Å². The van der Waals surface area contributed by atoms with Crippen LogP contribution >= 0.6 is 15.9 Å². The zero-order chi connectivity index (χ0) is 18.8. The summed E-state index contributed by atoms with van der Waals surface area (Å²) in [7, 11) is 2.76. The van der Waals surface area contributed by atoms with Crippen LogP contribution in [-0.2, 0) is 0 Å². The number of allylic oxidation sites excluding steroid dienone is 1. The molecule has 1 N–H and O–H groups in total. The van der Waals surface area contributed by atoms with Crippen LogP contribution in [0.4, 0.5) is 4.39 Å². The fourth-order valence-electron chi connectivity index (χ4n) is 2.63. The van der Waals surface area contributed by atoms with E-state index < -0.39 is 11.6 Å². The fourth-order valence-corrected chi connectivity index (χ4v) is 3.02. The van der Waals surface area contributed by atoms with Crippen molar-refractivity contribution in [3.05, 3.63) is 58.0 Å². The van der Waals surface area contributed by atoms with E-state index in [9.17, 15) is 14.3 Å². The molecule has 3 aromatic rings. The number of ether oxygens (including phenoxy) is 2. The van der Waals surface area contributed by atoms with Crippen LogP contribution in [0.1, 0.15) is 15.9 Å². The highest BCUT2D eigenvalue weighted by Gasteiger charge is 2.26. The molecule has 1 aromatic heterocycles. The van der Waals surface area contributed by atoms with Crippen molar-refractivity contribution in [1.29, 1.82) is 0 Å². The van der Waals surface area contributed by atoms with Crippen LogP contribution in [0.15, 0.2) is 45.5 Å². The molecule has 0 amide bonds. The number of carbonyl (C=O) groups excluding carboxylic acids is 1. The molecule has 1 heterocycles. The number of fused-ring (bicyclic) bond motifs is 1. The second-order valence-electron chi connectivity index (χ2n) is 5.32. The van der Waals surface area contributed by atoms with Crippen molar-refractivity contribution in [3.8, 4) is 17.2 Å². The molecule has 0 atom stereocenters. The Balaban J connectivity index is 2.08. The maximum Gasteiger partial charge on any atom is 0.205 e. The van der Waals surface area contributed by atoms with E-state index in [1.165, 1.54) is 50.8 Å². The molecule has 3 rings (SSSR count). The molecule has 7 heteroatoms. The standard InChI is InChI=1S/C19H14BrFO5/c1-24-17-11-7-8-26-18(11)19(25-2)16(23)15(17)14(22)6-4-10-3-5-13(21)12(20)9-10/h3-9,23H,1-2H3/b6-4+. The monoisotopic (exact) mass is 420 g/mol. The second-order valence-corrected chi connectivity index (χ2v) is 6.18. The summed E-state index contributed by atoms with van der Waals surface area (Å²) in [5.74, 6) is -1.04. The topological polar surface area (TPSA) is 68.9 Å². The number of halogens is 2. The van der Waals surface area contributed by atoms with E-state index in [1.807, 2.05) is 0 Å². The number of hydrogen-bond acceptors (Lipinski definition) is 5. The van der Waals surface area contributed by atoms with Crippen LogP contribution in [0.2, 0.25) is 0 Å². The summed E-state index contributed by atoms with van der Waals surface area (Å²) in [5.41, 5.74) is 0.849. The van der Waals surface area contributed by atoms with Gasteiger partial charge in [-0.15, -0.1) is 0 Å². The second kappa shape index (κ2) is 7.21. The van der Waals surface area contributed by atoms with Crippen molar-refractivity contribution < 1.29 is 28.2 Å². The summed E-state index contributed by atoms with van der Waals surface area (Å²) in [6.07, 6.45) is 4.19. The van der Waals surface area contributed by atoms with Crippen LogP contribution in [0.3, 0.4) is 0 Å². The lowest BCUT2D eigenvalue weighted by molar-refractivity contribution is 0.104. The molecule has 0 saturated carbocycles. The van der Waals surface area contributed by atoms with Gasteiger partial charge in [-0.25, -0.2) is 4.39 Å². The van der Waals surface area contributed by atoms with E-state index in [4.69, 9.17) is 13.9 Å². The summed E-state index contributed by atoms with van der Waals surface area (Å²) in [6, 6.07) is 5.97. The van der Waals surface area contributed by atoms with E-state index in [0.29, 0.717) is 10.9 Å². The molecule has 0 spiro atoms. The Morgan fingerprint density at radius 3 is 2.62 bits per heavy atom. The summed E-state index contributed by atoms with van der Waals surface area (Å²) >= 11 is 3.09. The Morgan fingerprint density at radius 2 is 1.96 bits per heavy atom. The number of ketones is 1. The number of phenolic OH excluding ortho intramolecular Hbond substituents is 1. The first kappa shape index (κ1) is 18.0. The third kappa shape index (κ3) is 3.06. The molecule has 0 bridgehead atoms. The number of furan rings is 1. The van der Waals surface area contributed by atoms with Crippen LogP contribution in [0.25, 0.3) is 17.0 Å². The smallest absolute Gasteiger partial charge is 0.205 e. The SMILES string of the molecule is COc1c(C(=O)/C=C/c2ccc(F)c(Br)c2)c(O)c(OC)c2occc12. The fraction of sp³-hybridized carbons (Fsp3) is 0.105. The predicted octanol–water partition coefficient (Wildman–Crippen LogP) is 4.95. The first-order chi connectivity index (χ1) is 12.5. The van der Waals surface area contributed by atoms with Gasteiger partial charge in [-0.2, -0.15) is 0 Å². The molecule has 134 valence electrons. The van der Waals surface area contributed by atoms with Crippen LogP contribution < -0.4 is 9.47 Å². The predicted molar refractivity (Wildman–Crippen MR) is 98.4 cm³/mol. The molecule has 0 aliphatic heterocycles. The highest BCUT2D eigenvalue weighted by molar-refractivity contribution is 9.10. The molecular weight excluding hydrogens is 407 g/mol. The van der Waals surface area contributed by atoms with E-state index in [2.05, 4.69) is 15.9 Å². The molecule has 0 fully saturated rings. The Labute approximate surface area is 156 Å². The number of carbonyl (C=O) groups is 1. The van der Waals surface area contributed by atoms with Gasteiger partial charge in [0.25, 0.3) is 0 Å². The van der Waals surface area contributed by atoms with Gasteiger partial charge < -0.3 is 19.0 Å². The quantitative estimate of drug-likeness (QED) is 0.466. The number of hydrogen-bond donors (Lipinski definition) is 1. The molecule has 5 nitrogen and oxygen atoms in total. The zero-order valence-electron chi connectivity index (χ0n) is 13.9. The number of phenols is 1. The van der Waals surface area contributed by atoms with Gasteiger partial charge in [0.1, 0.15) is 17.1 Å². The highest BCUT2D eigenvalue weighted by Crippen LogP contribution is 2.45. The Bertz CT molecular complexity index is 1020. The number of benzene rings is 2. The molecule has 0 radical (unpaired) electrons. The first-order valence-corrected chi connectivity index (χ1v) is 8.28. The maximum absolute atomic E-state index is 13.3. The summed E-state index contributed by atoms with van der Waals surface area (Å²) in [6.45, 7) is 0. The normalized spacial score (nSPS) is 11.2. The summed E-state index contributed by atoms with van der Waals surface area (Å²) in [4.78, 5) is 12.7. The van der Waals surface area contributed by atoms with Crippen molar-refractivity contribution in [1.82, 2.24) is 0 Å². The lowest BCUT2D eigenvalue weighted by atomic mass is 10.0. The molecule has 0 aliphatic rings. The Morgan fingerprint density at radius 1 is 1.23 bits per heavy atom. The number of aromatic hydroxyl groups is 1. The van der Waals surface area contributed by atoms with E-state index in [0.717, 1.165) is 0 Å². The van der Waals surface area contributed by atoms with Crippen molar-refractivity contribution >= 4 is 38.8 Å². The summed E-state index contributed by atoms with van der Waals surface area (Å²) in [5, 5.41) is 11.0. The van der Waals surface area contributed by atoms with Gasteiger partial charge in [-0.3, -0.25) is 4.79 Å². The van der Waals surface area contributed by atoms with Crippen LogP contribution in [0, 0.1) is 5.82 Å². The number of rotatable bonds is 5. The van der Waals surface area contributed by atoms with Gasteiger partial charge in [0.15, 0.2) is 17.1 Å². The van der Waals surface area contributed by atoms with Crippen LogP contribution in [-0.4, -0.2) is 25.1 Å². The molecule has 0 aliphatic carbocycles. The molecule has 26 heavy (non-hydrogen) atoms. The molecule has 2 aromatic carbocycles. The Kier molecular flexibility index (Phi) is 4.99. The van der Waals surface area contributed by atoms with Gasteiger partial charge in [-0.05, 0) is 45.8 Å². The minimum Gasteiger partial charge on any atom is -0.504 e. The summed E-state index contributed by atoms with van der Waals surface area (Å²) < 4.78 is 29.4. The van der Waals surface area contributed by atoms with Gasteiger partial charge in [-0.1, -0.05) is 12.1 Å². The largest absolute Gasteiger partial charge is 0.504 e. The van der Waals surface area contributed by atoms with Crippen molar-refractivity contribution in [3.63, 3.8) is 0 Å². The van der Waals surface area contributed by atoms with Gasteiger partial charge >= 0.3 is 0 Å². The average molecular weight is 421 g/mol. The first-order valence-electron chi connectivity index (χ1n) is 7.49. The van der Waals surface area contributed by atoms with Gasteiger partial charge in [0.05, 0.1) is 30.3 Å². The van der Waals surface area contributed by atoms with E-state index >= 15 is 0 Å². The Hall–Kier alpha value is -2.80. The van der Waals surface area contributed by atoms with E-state index in [1.54, 1.807) is 6.07 Å².